The Morgan fingerprint density at radius 1 is 1.56 bits per heavy atom. The first-order valence-electron chi connectivity index (χ1n) is 5.08. The quantitative estimate of drug-likeness (QED) is 0.928. The Kier molecular flexibility index (Phi) is 3.11. The number of aromatic nitrogens is 4. The van der Waals surface area contributed by atoms with Crippen LogP contribution >= 0.6 is 15.9 Å². The second-order valence-electron chi connectivity index (χ2n) is 3.64. The predicted octanol–water partition coefficient (Wildman–Crippen LogP) is 1.45. The van der Waals surface area contributed by atoms with Crippen LogP contribution in [0.4, 0.5) is 0 Å². The molecule has 1 atom stereocenters. The third kappa shape index (κ3) is 1.90. The fraction of sp³-hybridized carbons (Fsp3) is 0.400. The summed E-state index contributed by atoms with van der Waals surface area (Å²) in [4.78, 5) is 4.26. The zero-order valence-corrected chi connectivity index (χ0v) is 10.8. The van der Waals surface area contributed by atoms with E-state index in [0.29, 0.717) is 0 Å². The molecule has 86 valence electrons. The maximum absolute atomic E-state index is 6.18. The van der Waals surface area contributed by atoms with Crippen molar-refractivity contribution in [3.63, 3.8) is 0 Å². The first-order chi connectivity index (χ1) is 7.63. The van der Waals surface area contributed by atoms with Gasteiger partial charge in [-0.2, -0.15) is 5.10 Å². The first kappa shape index (κ1) is 11.3. The van der Waals surface area contributed by atoms with Crippen LogP contribution in [-0.4, -0.2) is 19.3 Å². The average Bonchev–Trinajstić information content (AvgIpc) is 2.83. The molecule has 2 N–H and O–H groups in total. The minimum absolute atomic E-state index is 0.252. The summed E-state index contributed by atoms with van der Waals surface area (Å²) in [6.45, 7) is 2.83. The monoisotopic (exact) mass is 283 g/mol. The maximum Gasteiger partial charge on any atom is 0.0947 e. The van der Waals surface area contributed by atoms with Crippen molar-refractivity contribution in [2.45, 2.75) is 19.5 Å². The van der Waals surface area contributed by atoms with Crippen LogP contribution in [0.15, 0.2) is 23.2 Å². The molecule has 5 nitrogen and oxygen atoms in total. The van der Waals surface area contributed by atoms with E-state index < -0.39 is 0 Å². The Balaban J connectivity index is 2.40. The second-order valence-corrected chi connectivity index (χ2v) is 4.49. The van der Waals surface area contributed by atoms with Crippen molar-refractivity contribution in [3.05, 3.63) is 34.6 Å². The van der Waals surface area contributed by atoms with E-state index in [9.17, 15) is 0 Å². The highest BCUT2D eigenvalue weighted by molar-refractivity contribution is 9.10. The molecule has 0 saturated carbocycles. The molecule has 16 heavy (non-hydrogen) atoms. The van der Waals surface area contributed by atoms with Gasteiger partial charge in [0.1, 0.15) is 0 Å². The maximum atomic E-state index is 6.18. The summed E-state index contributed by atoms with van der Waals surface area (Å²) in [7, 11) is 1.93. The van der Waals surface area contributed by atoms with Gasteiger partial charge < -0.3 is 10.3 Å². The molecule has 0 saturated heterocycles. The molecule has 0 aromatic carbocycles. The molecular formula is C10H14BrN5. The molecule has 0 amide bonds. The lowest BCUT2D eigenvalue weighted by Gasteiger charge is -2.11. The Morgan fingerprint density at radius 3 is 2.88 bits per heavy atom. The van der Waals surface area contributed by atoms with Crippen LogP contribution in [0.3, 0.4) is 0 Å². The van der Waals surface area contributed by atoms with Gasteiger partial charge in [0.2, 0.25) is 0 Å². The highest BCUT2D eigenvalue weighted by Gasteiger charge is 2.19. The number of hydrogen-bond acceptors (Lipinski definition) is 3. The van der Waals surface area contributed by atoms with E-state index in [2.05, 4.69) is 26.0 Å². The molecule has 0 aliphatic carbocycles. The molecule has 0 spiro atoms. The van der Waals surface area contributed by atoms with Crippen LogP contribution in [0.5, 0.6) is 0 Å². The molecule has 0 bridgehead atoms. The second kappa shape index (κ2) is 4.39. The van der Waals surface area contributed by atoms with Gasteiger partial charge in [-0.05, 0) is 22.9 Å². The van der Waals surface area contributed by atoms with Crippen molar-refractivity contribution in [2.75, 3.05) is 0 Å². The summed E-state index contributed by atoms with van der Waals surface area (Å²) in [6, 6.07) is -0.252. The van der Waals surface area contributed by atoms with E-state index in [1.807, 2.05) is 29.4 Å². The number of imidazole rings is 1. The SMILES string of the molecule is CCn1ncc(Br)c1C(N)c1cn(C)cn1. The van der Waals surface area contributed by atoms with E-state index >= 15 is 0 Å². The van der Waals surface area contributed by atoms with Crippen molar-refractivity contribution in [1.29, 1.82) is 0 Å². The van der Waals surface area contributed by atoms with E-state index in [-0.39, 0.29) is 6.04 Å². The zero-order valence-electron chi connectivity index (χ0n) is 9.26. The predicted molar refractivity (Wildman–Crippen MR) is 64.8 cm³/mol. The van der Waals surface area contributed by atoms with Crippen LogP contribution in [0, 0.1) is 0 Å². The van der Waals surface area contributed by atoms with Crippen LogP contribution in [0.25, 0.3) is 0 Å². The Bertz CT molecular complexity index is 487. The highest BCUT2D eigenvalue weighted by Crippen LogP contribution is 2.25. The van der Waals surface area contributed by atoms with Crippen LogP contribution in [-0.2, 0) is 13.6 Å². The molecule has 0 aliphatic rings. The third-order valence-corrected chi connectivity index (χ3v) is 3.08. The lowest BCUT2D eigenvalue weighted by molar-refractivity contribution is 0.595. The number of nitrogens with zero attached hydrogens (tertiary/aromatic N) is 4. The molecular weight excluding hydrogens is 270 g/mol. The van der Waals surface area contributed by atoms with Gasteiger partial charge in [-0.15, -0.1) is 0 Å². The number of nitrogens with two attached hydrogens (primary N) is 1. The van der Waals surface area contributed by atoms with Gasteiger partial charge in [0, 0.05) is 19.8 Å². The topological polar surface area (TPSA) is 61.7 Å². The minimum atomic E-state index is -0.252. The Morgan fingerprint density at radius 2 is 2.31 bits per heavy atom. The Labute approximate surface area is 102 Å². The van der Waals surface area contributed by atoms with E-state index in [4.69, 9.17) is 5.73 Å². The van der Waals surface area contributed by atoms with Crippen molar-refractivity contribution < 1.29 is 0 Å². The molecule has 2 rings (SSSR count). The minimum Gasteiger partial charge on any atom is -0.340 e. The highest BCUT2D eigenvalue weighted by atomic mass is 79.9. The van der Waals surface area contributed by atoms with E-state index in [0.717, 1.165) is 22.4 Å². The van der Waals surface area contributed by atoms with E-state index in [1.54, 1.807) is 12.5 Å². The number of aryl methyl sites for hydroxylation is 2. The van der Waals surface area contributed by atoms with Gasteiger partial charge in [0.25, 0.3) is 0 Å². The summed E-state index contributed by atoms with van der Waals surface area (Å²) >= 11 is 3.46. The molecule has 0 aliphatic heterocycles. The summed E-state index contributed by atoms with van der Waals surface area (Å²) in [5.74, 6) is 0. The van der Waals surface area contributed by atoms with Gasteiger partial charge in [-0.3, -0.25) is 4.68 Å². The summed E-state index contributed by atoms with van der Waals surface area (Å²) in [5.41, 5.74) is 7.99. The zero-order chi connectivity index (χ0) is 11.7. The summed E-state index contributed by atoms with van der Waals surface area (Å²) in [6.07, 6.45) is 5.43. The van der Waals surface area contributed by atoms with Crippen LogP contribution in [0.1, 0.15) is 24.4 Å². The van der Waals surface area contributed by atoms with E-state index in [1.165, 1.54) is 0 Å². The van der Waals surface area contributed by atoms with Crippen LogP contribution < -0.4 is 5.73 Å². The fourth-order valence-corrected chi connectivity index (χ4v) is 2.21. The largest absolute Gasteiger partial charge is 0.340 e. The van der Waals surface area contributed by atoms with Crippen molar-refractivity contribution in [1.82, 2.24) is 19.3 Å². The van der Waals surface area contributed by atoms with Gasteiger partial charge >= 0.3 is 0 Å². The van der Waals surface area contributed by atoms with Gasteiger partial charge in [0.15, 0.2) is 0 Å². The molecule has 0 fully saturated rings. The molecule has 1 unspecified atom stereocenters. The molecule has 2 aromatic heterocycles. The first-order valence-corrected chi connectivity index (χ1v) is 5.87. The third-order valence-electron chi connectivity index (χ3n) is 2.47. The fourth-order valence-electron chi connectivity index (χ4n) is 1.67. The van der Waals surface area contributed by atoms with Crippen LogP contribution in [0.2, 0.25) is 0 Å². The number of halogens is 1. The summed E-state index contributed by atoms with van der Waals surface area (Å²) in [5, 5.41) is 4.24. The summed E-state index contributed by atoms with van der Waals surface area (Å²) < 4.78 is 4.69. The van der Waals surface area contributed by atoms with Crippen molar-refractivity contribution in [2.24, 2.45) is 12.8 Å². The van der Waals surface area contributed by atoms with Crippen molar-refractivity contribution >= 4 is 15.9 Å². The molecule has 6 heteroatoms. The standard InChI is InChI=1S/C10H14BrN5/c1-3-16-10(7(11)4-14-16)9(12)8-5-15(2)6-13-8/h4-6,9H,3,12H2,1-2H3. The average molecular weight is 284 g/mol. The molecule has 2 aromatic rings. The van der Waals surface area contributed by atoms with Gasteiger partial charge in [-0.1, -0.05) is 0 Å². The number of rotatable bonds is 3. The Hall–Kier alpha value is -1.14. The lowest BCUT2D eigenvalue weighted by Crippen LogP contribution is -2.18. The molecule has 2 heterocycles. The lowest BCUT2D eigenvalue weighted by atomic mass is 10.1. The normalized spacial score (nSPS) is 13.0. The van der Waals surface area contributed by atoms with Gasteiger partial charge in [0.05, 0.1) is 34.4 Å². The van der Waals surface area contributed by atoms with Crippen molar-refractivity contribution in [3.8, 4) is 0 Å². The smallest absolute Gasteiger partial charge is 0.0947 e. The van der Waals surface area contributed by atoms with Gasteiger partial charge in [-0.25, -0.2) is 4.98 Å². The molecule has 0 radical (unpaired) electrons. The number of hydrogen-bond donors (Lipinski definition) is 1.